The average Bonchev–Trinajstić information content (AvgIpc) is 2.41. The molecule has 0 aliphatic carbocycles. The lowest BCUT2D eigenvalue weighted by molar-refractivity contribution is 0.506. The molecule has 0 fully saturated rings. The third kappa shape index (κ3) is 3.30. The van der Waals surface area contributed by atoms with E-state index < -0.39 is 17.5 Å². The Hall–Kier alpha value is -1.93. The van der Waals surface area contributed by atoms with Crippen molar-refractivity contribution >= 4 is 11.8 Å². The van der Waals surface area contributed by atoms with Gasteiger partial charge in [-0.15, -0.1) is 11.8 Å². The highest BCUT2D eigenvalue weighted by Gasteiger charge is 2.05. The Balaban J connectivity index is 2.10. The zero-order valence-corrected chi connectivity index (χ0v) is 10.5. The van der Waals surface area contributed by atoms with Crippen molar-refractivity contribution < 1.29 is 13.2 Å². The Morgan fingerprint density at radius 1 is 0.947 bits per heavy atom. The summed E-state index contributed by atoms with van der Waals surface area (Å²) < 4.78 is 38.8. The summed E-state index contributed by atoms with van der Waals surface area (Å²) in [5.41, 5.74) is 0.719. The second-order valence-electron chi connectivity index (χ2n) is 3.79. The SMILES string of the molecule is N#Cc1cc(CSc2ccc(F)c(F)c2)ccc1F. The number of benzene rings is 2. The smallest absolute Gasteiger partial charge is 0.159 e. The van der Waals surface area contributed by atoms with Gasteiger partial charge in [0.25, 0.3) is 0 Å². The molecule has 96 valence electrons. The Morgan fingerprint density at radius 2 is 1.68 bits per heavy atom. The molecular formula is C14H8F3NS. The number of nitrogens with zero attached hydrogens (tertiary/aromatic N) is 1. The van der Waals surface area contributed by atoms with Crippen molar-refractivity contribution in [2.75, 3.05) is 0 Å². The van der Waals surface area contributed by atoms with E-state index in [4.69, 9.17) is 5.26 Å². The molecule has 2 aromatic rings. The number of nitriles is 1. The number of hydrogen-bond acceptors (Lipinski definition) is 2. The largest absolute Gasteiger partial charge is 0.206 e. The van der Waals surface area contributed by atoms with Gasteiger partial charge in [-0.2, -0.15) is 5.26 Å². The highest BCUT2D eigenvalue weighted by atomic mass is 32.2. The van der Waals surface area contributed by atoms with Crippen LogP contribution in [-0.4, -0.2) is 0 Å². The summed E-state index contributed by atoms with van der Waals surface area (Å²) in [7, 11) is 0. The first-order valence-corrected chi connectivity index (χ1v) is 6.35. The molecule has 1 nitrogen and oxygen atoms in total. The minimum absolute atomic E-state index is 0.0246. The fraction of sp³-hybridized carbons (Fsp3) is 0.0714. The minimum Gasteiger partial charge on any atom is -0.206 e. The highest BCUT2D eigenvalue weighted by molar-refractivity contribution is 7.98. The Labute approximate surface area is 112 Å². The molecule has 0 amide bonds. The van der Waals surface area contributed by atoms with Gasteiger partial charge in [-0.1, -0.05) is 6.07 Å². The summed E-state index contributed by atoms with van der Waals surface area (Å²) in [6, 6.07) is 9.62. The maximum absolute atomic E-state index is 13.1. The third-order valence-corrected chi connectivity index (χ3v) is 3.51. The second-order valence-corrected chi connectivity index (χ2v) is 4.84. The van der Waals surface area contributed by atoms with Gasteiger partial charge in [-0.3, -0.25) is 0 Å². The van der Waals surface area contributed by atoms with Crippen molar-refractivity contribution in [1.29, 1.82) is 5.26 Å². The van der Waals surface area contributed by atoms with Crippen LogP contribution < -0.4 is 0 Å². The average molecular weight is 279 g/mol. The van der Waals surface area contributed by atoms with E-state index in [-0.39, 0.29) is 5.56 Å². The molecule has 0 saturated carbocycles. The van der Waals surface area contributed by atoms with Crippen LogP contribution in [0.2, 0.25) is 0 Å². The van der Waals surface area contributed by atoms with Gasteiger partial charge in [0.1, 0.15) is 11.9 Å². The fourth-order valence-corrected chi connectivity index (χ4v) is 2.35. The quantitative estimate of drug-likeness (QED) is 0.783. The van der Waals surface area contributed by atoms with Gasteiger partial charge in [-0.25, -0.2) is 13.2 Å². The summed E-state index contributed by atoms with van der Waals surface area (Å²) in [6.45, 7) is 0. The molecule has 0 bridgehead atoms. The van der Waals surface area contributed by atoms with E-state index >= 15 is 0 Å². The van der Waals surface area contributed by atoms with Gasteiger partial charge in [0.05, 0.1) is 5.56 Å². The summed E-state index contributed by atoms with van der Waals surface area (Å²) in [5.74, 6) is -1.91. The molecular weight excluding hydrogens is 271 g/mol. The van der Waals surface area contributed by atoms with E-state index in [9.17, 15) is 13.2 Å². The molecule has 0 heterocycles. The van der Waals surface area contributed by atoms with Crippen molar-refractivity contribution in [3.8, 4) is 6.07 Å². The van der Waals surface area contributed by atoms with Gasteiger partial charge in [0, 0.05) is 10.6 Å². The number of rotatable bonds is 3. The van der Waals surface area contributed by atoms with Crippen molar-refractivity contribution in [1.82, 2.24) is 0 Å². The molecule has 0 N–H and O–H groups in total. The molecule has 2 rings (SSSR count). The highest BCUT2D eigenvalue weighted by Crippen LogP contribution is 2.25. The first-order valence-electron chi connectivity index (χ1n) is 5.36. The number of thioether (sulfide) groups is 1. The van der Waals surface area contributed by atoms with Crippen LogP contribution in [0.15, 0.2) is 41.3 Å². The zero-order valence-electron chi connectivity index (χ0n) is 9.66. The lowest BCUT2D eigenvalue weighted by atomic mass is 10.1. The van der Waals surface area contributed by atoms with E-state index in [1.165, 1.54) is 30.0 Å². The first kappa shape index (κ1) is 13.5. The molecule has 0 atom stereocenters. The Morgan fingerprint density at radius 3 is 2.37 bits per heavy atom. The van der Waals surface area contributed by atoms with E-state index in [0.29, 0.717) is 10.6 Å². The molecule has 19 heavy (non-hydrogen) atoms. The maximum atomic E-state index is 13.1. The Bertz CT molecular complexity index is 650. The van der Waals surface area contributed by atoms with Crippen LogP contribution in [0.3, 0.4) is 0 Å². The lowest BCUT2D eigenvalue weighted by Crippen LogP contribution is -1.88. The van der Waals surface area contributed by atoms with Crippen LogP contribution in [0.25, 0.3) is 0 Å². The van der Waals surface area contributed by atoms with Crippen LogP contribution in [0.4, 0.5) is 13.2 Å². The normalized spacial score (nSPS) is 10.2. The van der Waals surface area contributed by atoms with Crippen LogP contribution in [-0.2, 0) is 5.75 Å². The molecule has 5 heteroatoms. The molecule has 0 spiro atoms. The molecule has 0 unspecified atom stereocenters. The van der Waals surface area contributed by atoms with Crippen molar-refractivity contribution in [2.24, 2.45) is 0 Å². The van der Waals surface area contributed by atoms with Crippen LogP contribution in [0.5, 0.6) is 0 Å². The number of hydrogen-bond donors (Lipinski definition) is 0. The van der Waals surface area contributed by atoms with Gasteiger partial charge in [0.15, 0.2) is 11.6 Å². The van der Waals surface area contributed by atoms with Crippen molar-refractivity contribution in [2.45, 2.75) is 10.6 Å². The van der Waals surface area contributed by atoms with Crippen molar-refractivity contribution in [3.63, 3.8) is 0 Å². The summed E-state index contributed by atoms with van der Waals surface area (Å²) in [4.78, 5) is 0.571. The Kier molecular flexibility index (Phi) is 4.13. The zero-order chi connectivity index (χ0) is 13.8. The summed E-state index contributed by atoms with van der Waals surface area (Å²) >= 11 is 1.28. The van der Waals surface area contributed by atoms with Gasteiger partial charge in [0.2, 0.25) is 0 Å². The van der Waals surface area contributed by atoms with Crippen LogP contribution in [0.1, 0.15) is 11.1 Å². The number of halogens is 3. The third-order valence-electron chi connectivity index (χ3n) is 2.45. The monoisotopic (exact) mass is 279 g/mol. The first-order chi connectivity index (χ1) is 9.10. The van der Waals surface area contributed by atoms with Crippen molar-refractivity contribution in [3.05, 3.63) is 65.0 Å². The fourth-order valence-electron chi connectivity index (χ4n) is 1.48. The van der Waals surface area contributed by atoms with Gasteiger partial charge in [-0.05, 0) is 35.9 Å². The molecule has 0 saturated heterocycles. The van der Waals surface area contributed by atoms with E-state index in [0.717, 1.165) is 17.7 Å². The van der Waals surface area contributed by atoms with E-state index in [1.54, 1.807) is 12.1 Å². The van der Waals surface area contributed by atoms with E-state index in [2.05, 4.69) is 0 Å². The predicted octanol–water partition coefficient (Wildman–Crippen LogP) is 4.27. The topological polar surface area (TPSA) is 23.8 Å². The molecule has 2 aromatic carbocycles. The molecule has 0 aliphatic rings. The van der Waals surface area contributed by atoms with E-state index in [1.807, 2.05) is 0 Å². The van der Waals surface area contributed by atoms with Gasteiger partial charge >= 0.3 is 0 Å². The molecule has 0 aliphatic heterocycles. The summed E-state index contributed by atoms with van der Waals surface area (Å²) in [5, 5.41) is 8.71. The van der Waals surface area contributed by atoms with Crippen LogP contribution in [0, 0.1) is 28.8 Å². The lowest BCUT2D eigenvalue weighted by Gasteiger charge is -2.03. The maximum Gasteiger partial charge on any atom is 0.159 e. The molecule has 0 aromatic heterocycles. The van der Waals surface area contributed by atoms with Crippen LogP contribution >= 0.6 is 11.8 Å². The summed E-state index contributed by atoms with van der Waals surface area (Å²) in [6.07, 6.45) is 0. The molecule has 0 radical (unpaired) electrons. The standard InChI is InChI=1S/C14H8F3NS/c15-12-3-1-9(5-10(12)7-18)8-19-11-2-4-13(16)14(17)6-11/h1-6H,8H2. The van der Waals surface area contributed by atoms with Gasteiger partial charge < -0.3 is 0 Å². The predicted molar refractivity (Wildman–Crippen MR) is 67.0 cm³/mol. The minimum atomic E-state index is -0.901. The second kappa shape index (κ2) is 5.81.